The molecule has 1 aromatic rings. The first-order chi connectivity index (χ1) is 29.5. The number of likely N-dealkylation sites (N-methyl/N-ethyl adjacent to an activating group) is 1. The Labute approximate surface area is 383 Å². The highest BCUT2D eigenvalue weighted by molar-refractivity contribution is 6.42. The summed E-state index contributed by atoms with van der Waals surface area (Å²) in [5.74, 6) is -4.03. The van der Waals surface area contributed by atoms with E-state index in [2.05, 4.69) is 5.32 Å². The minimum atomic E-state index is -1.46. The van der Waals surface area contributed by atoms with Crippen LogP contribution in [-0.4, -0.2) is 145 Å². The molecule has 0 bridgehead atoms. The zero-order valence-corrected chi connectivity index (χ0v) is 40.7. The Morgan fingerprint density at radius 3 is 2.17 bits per heavy atom. The number of aliphatic hydroxyl groups excluding tert-OH is 2. The van der Waals surface area contributed by atoms with Crippen molar-refractivity contribution in [1.82, 2.24) is 10.2 Å². The predicted molar refractivity (Wildman–Crippen MR) is 235 cm³/mol. The van der Waals surface area contributed by atoms with Crippen LogP contribution in [0, 0.1) is 23.7 Å². The number of esters is 1. The summed E-state index contributed by atoms with van der Waals surface area (Å²) in [5, 5.41) is 26.6. The lowest BCUT2D eigenvalue weighted by Crippen LogP contribution is -2.61. The largest absolute Gasteiger partial charge is 0.458 e. The maximum Gasteiger partial charge on any atom is 0.410 e. The van der Waals surface area contributed by atoms with E-state index in [0.29, 0.717) is 22.9 Å². The van der Waals surface area contributed by atoms with Crippen LogP contribution in [0.25, 0.3) is 0 Å². The van der Waals surface area contributed by atoms with Crippen molar-refractivity contribution in [2.75, 3.05) is 27.8 Å². The van der Waals surface area contributed by atoms with Crippen LogP contribution in [0.15, 0.2) is 18.2 Å². The summed E-state index contributed by atoms with van der Waals surface area (Å²) >= 11 is 12.5. The summed E-state index contributed by atoms with van der Waals surface area (Å²) in [6, 6.07) is 4.05. The lowest BCUT2D eigenvalue weighted by atomic mass is 9.73. The maximum absolute atomic E-state index is 15.0. The van der Waals surface area contributed by atoms with Gasteiger partial charge in [-0.2, -0.15) is 0 Å². The van der Waals surface area contributed by atoms with Gasteiger partial charge >= 0.3 is 12.1 Å². The third-order valence-electron chi connectivity index (χ3n) is 14.5. The van der Waals surface area contributed by atoms with Gasteiger partial charge in [0.15, 0.2) is 18.2 Å². The van der Waals surface area contributed by atoms with Crippen LogP contribution < -0.4 is 5.32 Å². The van der Waals surface area contributed by atoms with Crippen LogP contribution in [0.5, 0.6) is 0 Å². The summed E-state index contributed by atoms with van der Waals surface area (Å²) in [6.45, 7) is 18.1. The average Bonchev–Trinajstić information content (AvgIpc) is 3.51. The molecule has 0 radical (unpaired) electrons. The summed E-state index contributed by atoms with van der Waals surface area (Å²) in [4.78, 5) is 45.4. The molecule has 17 heteroatoms. The molecule has 0 spiro atoms. The molecule has 0 aliphatic carbocycles. The van der Waals surface area contributed by atoms with Crippen molar-refractivity contribution in [3.63, 3.8) is 0 Å². The number of rotatable bonds is 11. The molecule has 4 aliphatic heterocycles. The van der Waals surface area contributed by atoms with Crippen LogP contribution in [-0.2, 0) is 53.9 Å². The van der Waals surface area contributed by atoms with Crippen molar-refractivity contribution in [3.8, 4) is 0 Å². The molecule has 4 fully saturated rings. The number of Topliss-reactive ketones (excluding diaryl/α,β-unsaturated/α-hetero) is 1. The van der Waals surface area contributed by atoms with E-state index in [9.17, 15) is 24.6 Å². The van der Waals surface area contributed by atoms with Gasteiger partial charge < -0.3 is 53.4 Å². The molecule has 0 saturated carbocycles. The number of aliphatic hydroxyl groups is 2. The summed E-state index contributed by atoms with van der Waals surface area (Å²) in [7, 11) is 4.81. The highest BCUT2D eigenvalue weighted by Crippen LogP contribution is 2.45. The first-order valence-electron chi connectivity index (χ1n) is 22.4. The molecule has 4 aliphatic rings. The van der Waals surface area contributed by atoms with Crippen molar-refractivity contribution in [1.29, 1.82) is 0 Å². The van der Waals surface area contributed by atoms with Crippen molar-refractivity contribution < 1.29 is 62.5 Å². The summed E-state index contributed by atoms with van der Waals surface area (Å²) < 4.78 is 51.2. The van der Waals surface area contributed by atoms with Gasteiger partial charge in [0, 0.05) is 51.0 Å². The van der Waals surface area contributed by atoms with Crippen molar-refractivity contribution in [2.24, 2.45) is 23.7 Å². The van der Waals surface area contributed by atoms with E-state index in [1.165, 1.54) is 14.2 Å². The van der Waals surface area contributed by atoms with Gasteiger partial charge in [0.2, 0.25) is 0 Å². The number of nitrogens with zero attached hydrogens (tertiary/aromatic N) is 1. The lowest BCUT2D eigenvalue weighted by Gasteiger charge is -2.49. The second-order valence-corrected chi connectivity index (χ2v) is 19.8. The molecule has 5 rings (SSSR count). The number of benzene rings is 1. The highest BCUT2D eigenvalue weighted by Gasteiger charge is 2.61. The number of carbonyl (C=O) groups excluding carboxylic acids is 3. The Balaban J connectivity index is 1.62. The molecule has 3 N–H and O–H groups in total. The van der Waals surface area contributed by atoms with E-state index in [1.54, 1.807) is 58.7 Å². The van der Waals surface area contributed by atoms with Crippen molar-refractivity contribution in [2.45, 2.75) is 186 Å². The second-order valence-electron chi connectivity index (χ2n) is 19.0. The highest BCUT2D eigenvalue weighted by atomic mass is 35.5. The quantitative estimate of drug-likeness (QED) is 0.216. The van der Waals surface area contributed by atoms with Gasteiger partial charge in [-0.05, 0) is 92.0 Å². The minimum Gasteiger partial charge on any atom is -0.458 e. The van der Waals surface area contributed by atoms with E-state index in [-0.39, 0.29) is 43.7 Å². The SMILES string of the molecule is CC[C@H]1OC(=O)[C@H](C)[C@@H](O[C@H]2C[C@@](C)(OC)[C@@H](O)[C@H](C)O2)[C@H](C)[C@@H](O[C@@H]2O[C@H](C)C[C@H](NC)[C@H]2O)[C@](C)(OC)C[C@@H](C)C(=O)[C@H](C)[C@H]2N(CCc3ccc(Cl)c(Cl)c3)C(=O)O[C@]12C. The van der Waals surface area contributed by atoms with Gasteiger partial charge in [0.05, 0.1) is 57.6 Å². The van der Waals surface area contributed by atoms with E-state index in [4.69, 9.17) is 61.1 Å². The predicted octanol–water partition coefficient (Wildman–Crippen LogP) is 6.11. The van der Waals surface area contributed by atoms with Crippen LogP contribution in [0.2, 0.25) is 10.0 Å². The molecule has 63 heavy (non-hydrogen) atoms. The topological polar surface area (TPSA) is 181 Å². The number of ketones is 1. The van der Waals surface area contributed by atoms with E-state index in [0.717, 1.165) is 5.56 Å². The number of nitrogens with one attached hydrogen (secondary N) is 1. The second kappa shape index (κ2) is 20.8. The lowest BCUT2D eigenvalue weighted by molar-refractivity contribution is -0.317. The van der Waals surface area contributed by atoms with Crippen LogP contribution in [0.3, 0.4) is 0 Å². The molecular formula is C46H72Cl2N2O13. The number of amides is 1. The van der Waals surface area contributed by atoms with E-state index >= 15 is 0 Å². The number of hydrogen-bond acceptors (Lipinski definition) is 14. The smallest absolute Gasteiger partial charge is 0.410 e. The average molecular weight is 932 g/mol. The zero-order chi connectivity index (χ0) is 46.9. The fourth-order valence-corrected chi connectivity index (χ4v) is 10.9. The Hall–Kier alpha value is -2.15. The number of methoxy groups -OCH3 is 2. The Bertz CT molecular complexity index is 1760. The third kappa shape index (κ3) is 10.7. The van der Waals surface area contributed by atoms with E-state index < -0.39 is 108 Å². The standard InChI is InChI=1S/C46H72Cl2N2O13/c1-14-33-46(10)38(50(43(55)63-46)18-17-29-15-16-30(47)31(48)20-29)25(4)35(51)23(2)21-45(9,57-13)40(62-42-36(52)32(49-11)19-24(3)58-42)26(5)37(27(6)41(54)60-33)61-34-22-44(8,56-12)39(53)28(7)59-34/h15-16,20,23-28,32-34,36-40,42,49,52-53H,14,17-19,21-22H2,1-13H3/t23-,24-,25+,26+,27-,28+,32+,33-,34+,36-,37+,38-,39+,40-,42+,44-,45-,46-/m1/s1. The molecule has 358 valence electrons. The zero-order valence-electron chi connectivity index (χ0n) is 39.2. The molecule has 18 atom stereocenters. The maximum atomic E-state index is 15.0. The molecule has 4 saturated heterocycles. The Kier molecular flexibility index (Phi) is 17.1. The first kappa shape index (κ1) is 51.8. The Morgan fingerprint density at radius 2 is 1.57 bits per heavy atom. The van der Waals surface area contributed by atoms with Crippen LogP contribution in [0.4, 0.5) is 4.79 Å². The number of ether oxygens (including phenoxy) is 8. The van der Waals surface area contributed by atoms with Gasteiger partial charge in [0.1, 0.15) is 24.1 Å². The van der Waals surface area contributed by atoms with Gasteiger partial charge in [-0.3, -0.25) is 14.5 Å². The number of halogens is 2. The molecule has 4 heterocycles. The molecular weight excluding hydrogens is 859 g/mol. The third-order valence-corrected chi connectivity index (χ3v) is 15.2. The molecule has 1 aromatic carbocycles. The Morgan fingerprint density at radius 1 is 0.905 bits per heavy atom. The molecule has 0 unspecified atom stereocenters. The summed E-state index contributed by atoms with van der Waals surface area (Å²) in [5.41, 5.74) is -2.95. The van der Waals surface area contributed by atoms with Crippen molar-refractivity contribution >= 4 is 41.0 Å². The number of cyclic esters (lactones) is 1. The fraction of sp³-hybridized carbons (Fsp3) is 0.804. The minimum absolute atomic E-state index is 0.119. The van der Waals surface area contributed by atoms with Crippen molar-refractivity contribution in [3.05, 3.63) is 33.8 Å². The van der Waals surface area contributed by atoms with Gasteiger partial charge in [0.25, 0.3) is 0 Å². The normalized spacial score (nSPS) is 43.2. The monoisotopic (exact) mass is 930 g/mol. The molecule has 0 aromatic heterocycles. The van der Waals surface area contributed by atoms with Gasteiger partial charge in [-0.15, -0.1) is 0 Å². The number of fused-ring (bicyclic) bond motifs is 1. The van der Waals surface area contributed by atoms with Crippen LogP contribution in [0.1, 0.15) is 100 Å². The first-order valence-corrected chi connectivity index (χ1v) is 23.2. The molecule has 1 amide bonds. The van der Waals surface area contributed by atoms with Gasteiger partial charge in [-0.25, -0.2) is 4.79 Å². The van der Waals surface area contributed by atoms with E-state index in [1.807, 2.05) is 40.7 Å². The van der Waals surface area contributed by atoms with Gasteiger partial charge in [-0.1, -0.05) is 57.0 Å². The molecule has 15 nitrogen and oxygen atoms in total. The van der Waals surface area contributed by atoms with Crippen LogP contribution >= 0.6 is 23.2 Å². The number of carbonyl (C=O) groups is 3. The number of hydrogen-bond donors (Lipinski definition) is 3. The summed E-state index contributed by atoms with van der Waals surface area (Å²) in [6.07, 6.45) is -7.34. The fourth-order valence-electron chi connectivity index (χ4n) is 10.6.